The fourth-order valence-corrected chi connectivity index (χ4v) is 20.5. The number of benzene rings is 9. The third-order valence-corrected chi connectivity index (χ3v) is 28.2. The van der Waals surface area contributed by atoms with E-state index in [4.69, 9.17) is 82.6 Å². The number of methoxy groups -OCH3 is 2. The monoisotopic (exact) mass is 2070 g/mol. The van der Waals surface area contributed by atoms with Gasteiger partial charge in [0, 0.05) is 94.2 Å². The number of amides is 2. The average molecular weight is 2080 g/mol. The van der Waals surface area contributed by atoms with Crippen LogP contribution in [0.15, 0.2) is 203 Å². The number of H-pyrrole nitrogens is 2. The molecule has 1 aliphatic carbocycles. The Bertz CT molecular complexity index is 7330. The van der Waals surface area contributed by atoms with Crippen LogP contribution in [0.2, 0.25) is 20.1 Å². The molecule has 14 aromatic rings. The zero-order valence-corrected chi connectivity index (χ0v) is 86.1. The lowest BCUT2D eigenvalue weighted by molar-refractivity contribution is -0.155. The van der Waals surface area contributed by atoms with Crippen molar-refractivity contribution >= 4 is 166 Å². The molecule has 1 saturated carbocycles. The van der Waals surface area contributed by atoms with E-state index < -0.39 is 75.9 Å². The lowest BCUT2D eigenvalue weighted by Crippen LogP contribution is -2.40. The van der Waals surface area contributed by atoms with Crippen molar-refractivity contribution in [3.8, 4) is 45.3 Å². The summed E-state index contributed by atoms with van der Waals surface area (Å²) in [5.74, 6) is -3.12. The fourth-order valence-electron chi connectivity index (χ4n) is 17.2. The molecule has 35 heteroatoms. The zero-order chi connectivity index (χ0) is 104. The molecule has 6 N–H and O–H groups in total. The van der Waals surface area contributed by atoms with Gasteiger partial charge < -0.3 is 45.3 Å². The van der Waals surface area contributed by atoms with Gasteiger partial charge in [-0.1, -0.05) is 166 Å². The minimum Gasteiger partial charge on any atom is -0.495 e. The second-order valence-electron chi connectivity index (χ2n) is 36.7. The number of nitriles is 1. The van der Waals surface area contributed by atoms with Crippen LogP contribution >= 0.6 is 80.8 Å². The lowest BCUT2D eigenvalue weighted by Gasteiger charge is -2.38. The van der Waals surface area contributed by atoms with Crippen LogP contribution in [0.25, 0.3) is 49.1 Å². The molecule has 0 spiro atoms. The number of halogens is 9. The predicted octanol–water partition coefficient (Wildman–Crippen LogP) is 27.6. The number of nitrogens with zero attached hydrogens (tertiary/aromatic N) is 8. The molecule has 7 atom stereocenters. The number of ketones is 2. The van der Waals surface area contributed by atoms with Crippen molar-refractivity contribution in [2.24, 2.45) is 33.9 Å². The number of carbonyl (C=O) groups is 6. The average Bonchev–Trinajstić information content (AvgIpc) is 1.57. The van der Waals surface area contributed by atoms with Crippen LogP contribution in [0.4, 0.5) is 39.0 Å². The highest BCUT2D eigenvalue weighted by molar-refractivity contribution is 8.18. The predicted molar refractivity (Wildman–Crippen MR) is 555 cm³/mol. The number of thiazole rings is 1. The number of rotatable bonds is 21. The quantitative estimate of drug-likeness (QED) is 0.0111. The van der Waals surface area contributed by atoms with Crippen molar-refractivity contribution in [2.75, 3.05) is 24.9 Å². The van der Waals surface area contributed by atoms with Gasteiger partial charge >= 0.3 is 12.1 Å². The number of para-hydroxylation sites is 1. The number of aryl methyl sites for hydroxylation is 3. The molecule has 1 saturated heterocycles. The molecule has 0 bridgehead atoms. The van der Waals surface area contributed by atoms with Crippen molar-refractivity contribution in [2.45, 2.75) is 164 Å². The van der Waals surface area contributed by atoms with Crippen molar-refractivity contribution in [3.63, 3.8) is 0 Å². The Morgan fingerprint density at radius 3 is 2.14 bits per heavy atom. The SMILES string of the molecule is CC[C@H](C)[C@H](N)C(=O)Nc1ccc2nc(Cc3c[nH]c4ccccc34)[nH]c2c1.COc1cc(C(C)=O)ccc1NC(=O)[C@@H]1C[C@@H](CC(C)(C)C)[C@](C#N)(c2ccc(Cl)cc2F)[C@H]1c1cccc(Cl)c1F.Cc1nc(-c2ccccc2Cl)cs1.Cc1sc2c(c1C)C(c1ccc(Cl)cc1)=N[C@@H](CC(=O)OC(C)(C)C)c1nnc(C)n1-2.[C-]#[N+]c1ccc(Oc2ccc(/C=C3\SC(=O)CC3=O)cc2OC)c(C(F)(F)F)c1. The number of anilines is 2. The normalized spacial score (nSPS) is 16.6. The number of nitrogens with two attached hydrogens (primary N) is 1. The molecule has 143 heavy (non-hydrogen) atoms. The molecule has 740 valence electrons. The summed E-state index contributed by atoms with van der Waals surface area (Å²) >= 11 is 28.6. The number of esters is 1. The Kier molecular flexibility index (Phi) is 34.1. The number of aromatic amines is 2. The van der Waals surface area contributed by atoms with Crippen LogP contribution in [0.1, 0.15) is 189 Å². The molecule has 2 fully saturated rings. The van der Waals surface area contributed by atoms with E-state index in [0.29, 0.717) is 51.5 Å². The van der Waals surface area contributed by atoms with Gasteiger partial charge in [-0.05, 0) is 229 Å². The van der Waals surface area contributed by atoms with Gasteiger partial charge in [0.15, 0.2) is 34.6 Å². The molecule has 3 aliphatic rings. The lowest BCUT2D eigenvalue weighted by atomic mass is 9.62. The first-order valence-corrected chi connectivity index (χ1v) is 49.4. The van der Waals surface area contributed by atoms with Gasteiger partial charge in [-0.3, -0.25) is 38.3 Å². The van der Waals surface area contributed by atoms with E-state index in [9.17, 15) is 47.2 Å². The maximum Gasteiger partial charge on any atom is 0.418 e. The number of fused-ring (bicyclic) bond motifs is 5. The summed E-state index contributed by atoms with van der Waals surface area (Å²) in [4.78, 5) is 99.5. The Morgan fingerprint density at radius 1 is 0.783 bits per heavy atom. The number of imidazole rings is 1. The molecule has 17 rings (SSSR count). The van der Waals surface area contributed by atoms with Crippen molar-refractivity contribution in [1.29, 1.82) is 5.26 Å². The summed E-state index contributed by atoms with van der Waals surface area (Å²) < 4.78 is 95.3. The van der Waals surface area contributed by atoms with Crippen LogP contribution < -0.4 is 30.6 Å². The number of carbonyl (C=O) groups excluding carboxylic acids is 6. The molecular formula is C108H102Cl4F5N13O10S3. The largest absolute Gasteiger partial charge is 0.495 e. The topological polar surface area (TPSA) is 318 Å². The first-order valence-electron chi connectivity index (χ1n) is 45.4. The van der Waals surface area contributed by atoms with Gasteiger partial charge in [-0.15, -0.1) is 32.9 Å². The van der Waals surface area contributed by atoms with Crippen LogP contribution in [0, 0.1) is 80.4 Å². The molecule has 0 unspecified atom stereocenters. The molecule has 7 heterocycles. The van der Waals surface area contributed by atoms with Crippen LogP contribution in [-0.4, -0.2) is 101 Å². The summed E-state index contributed by atoms with van der Waals surface area (Å²) in [5.41, 5.74) is 14.3. The van der Waals surface area contributed by atoms with Crippen molar-refractivity contribution < 1.29 is 69.7 Å². The number of hydrogen-bond donors (Lipinski definition) is 5. The van der Waals surface area contributed by atoms with Gasteiger partial charge in [0.2, 0.25) is 16.9 Å². The molecule has 2 aliphatic heterocycles. The minimum atomic E-state index is -4.71. The smallest absolute Gasteiger partial charge is 0.418 e. The van der Waals surface area contributed by atoms with E-state index in [1.54, 1.807) is 40.9 Å². The number of thiophene rings is 1. The molecule has 5 aromatic heterocycles. The van der Waals surface area contributed by atoms with Crippen molar-refractivity contribution in [3.05, 3.63) is 319 Å². The number of aliphatic imine (C=N–C) groups is 1. The maximum atomic E-state index is 15.8. The van der Waals surface area contributed by atoms with E-state index in [1.807, 2.05) is 164 Å². The molecule has 23 nitrogen and oxygen atoms in total. The number of nitrogens with one attached hydrogen (secondary N) is 4. The zero-order valence-electron chi connectivity index (χ0n) is 80.6. The van der Waals surface area contributed by atoms with E-state index in [2.05, 4.69) is 77.7 Å². The Hall–Kier alpha value is -13.2. The second kappa shape index (κ2) is 45.6. The summed E-state index contributed by atoms with van der Waals surface area (Å²) in [5, 5.41) is 32.0. The van der Waals surface area contributed by atoms with Crippen LogP contribution in [-0.2, 0) is 46.7 Å². The molecular weight excluding hydrogens is 1970 g/mol. The van der Waals surface area contributed by atoms with E-state index in [0.717, 1.165) is 113 Å². The summed E-state index contributed by atoms with van der Waals surface area (Å²) in [6, 6.07) is 51.2. The maximum absolute atomic E-state index is 15.8. The number of Topliss-reactive ketones (excluding diaryl/α,β-unsaturated/α-hetero) is 2. The first-order chi connectivity index (χ1) is 67.8. The molecule has 0 radical (unpaired) electrons. The summed E-state index contributed by atoms with van der Waals surface area (Å²) in [6.45, 7) is 32.0. The second-order valence-corrected chi connectivity index (χ2v) is 41.7. The van der Waals surface area contributed by atoms with Gasteiger partial charge in [0.05, 0.1) is 99.8 Å². The first kappa shape index (κ1) is 107. The van der Waals surface area contributed by atoms with E-state index in [1.165, 1.54) is 97.6 Å². The highest BCUT2D eigenvalue weighted by atomic mass is 35.5. The standard InChI is InChI=1S/C33H32Cl2F2N2O3.C23H25ClN4O2S.C22H25N5O.C20H12F3NO4S.C10H8ClNS/c1-18(40)19-9-12-27(28(13-19)42-5)39-31(41)23-14-20(16-32(2,3)4)33(17-38,24-11-10-21(34)15-26(24)36)29(23)22-7-6-8-25(35)30(22)37;1-12-13(2)31-22-19(12)20(15-7-9-16(24)10-8-15)25-17(11-18(29)30-23(4,5)6)21-27-26-14(3)28(21)22;1-3-13(2)21(23)22(28)25-15-8-9-18-19(11-15)27-20(26-18)10-14-12-24-17-7-5-4-6-16(14)17;1-24-12-4-6-15(13(9-12)20(21,22)23)28-16-5-3-11(7-17(16)27-2)8-18-14(25)10-19(26)29-18;1-7-12-10(6-13-7)8-4-2-3-5-9(8)11/h6-13,15,20,23,29H,14,16H2,1-5H3,(H,39,41);7-10,17H,11H2,1-6H3;4-9,11-13,21,24H,3,10,23H2,1-2H3,(H,25,28)(H,26,27);3-9H,10H2,2H3;2-6H,1H3/b;;;18-8-;/t20-,23+,29-,33+;17-;13-,21-;;/m000../s1. The Balaban J connectivity index is 0.000000155. The third-order valence-electron chi connectivity index (χ3n) is 24.2. The number of alkyl halides is 3. The van der Waals surface area contributed by atoms with Gasteiger partial charge in [0.1, 0.15) is 51.4 Å². The number of hydrogen-bond acceptors (Lipinski definition) is 20. The fraction of sp³-hybridized carbons (Fsp3) is 0.287. The van der Waals surface area contributed by atoms with E-state index in [-0.39, 0.29) is 103 Å². The Morgan fingerprint density at radius 2 is 1.49 bits per heavy atom. The van der Waals surface area contributed by atoms with Gasteiger partial charge in [-0.25, -0.2) is 23.6 Å². The number of allylic oxidation sites excluding steroid dienone is 1. The summed E-state index contributed by atoms with van der Waals surface area (Å²) in [6.07, 6.45) is 0.945. The third kappa shape index (κ3) is 25.3. The van der Waals surface area contributed by atoms with Gasteiger partial charge in [0.25, 0.3) is 0 Å². The van der Waals surface area contributed by atoms with Gasteiger partial charge in [-0.2, -0.15) is 18.4 Å². The van der Waals surface area contributed by atoms with Crippen LogP contribution in [0.3, 0.4) is 0 Å². The number of ether oxygens (including phenoxy) is 4. The van der Waals surface area contributed by atoms with Crippen LogP contribution in [0.5, 0.6) is 23.0 Å². The molecule has 2 amide bonds. The number of aromatic nitrogens is 7. The van der Waals surface area contributed by atoms with Crippen molar-refractivity contribution in [1.82, 2.24) is 34.7 Å². The Labute approximate surface area is 856 Å². The highest BCUT2D eigenvalue weighted by Gasteiger charge is 2.61. The van der Waals surface area contributed by atoms with E-state index >= 15 is 8.78 Å². The molecule has 9 aromatic carbocycles. The summed E-state index contributed by atoms with van der Waals surface area (Å²) in [7, 11) is 2.74. The number of thioether (sulfide) groups is 1. The minimum absolute atomic E-state index is 0.0252. The highest BCUT2D eigenvalue weighted by Crippen LogP contribution is 2.62.